The van der Waals surface area contributed by atoms with Gasteiger partial charge in [-0.3, -0.25) is 0 Å². The van der Waals surface area contributed by atoms with Crippen molar-refractivity contribution in [2.45, 2.75) is 227 Å². The molecule has 6 aliphatic carbocycles. The maximum atomic E-state index is 5.38. The molecule has 0 N–H and O–H groups in total. The molecule has 6 fully saturated rings. The molecule has 0 heterocycles. The maximum absolute atomic E-state index is 5.38. The van der Waals surface area contributed by atoms with E-state index in [1.54, 1.807) is 193 Å². The van der Waals surface area contributed by atoms with Gasteiger partial charge in [0, 0.05) is 0 Å². The summed E-state index contributed by atoms with van der Waals surface area (Å²) in [5.74, 6) is 0. The minimum absolute atomic E-state index is 1.14. The summed E-state index contributed by atoms with van der Waals surface area (Å²) in [6.07, 6.45) is 47.7. The summed E-state index contributed by atoms with van der Waals surface area (Å²) in [6, 6.07) is -3.44. The van der Waals surface area contributed by atoms with E-state index in [0.717, 1.165) is 34.0 Å². The zero-order valence-corrected chi connectivity index (χ0v) is 32.9. The van der Waals surface area contributed by atoms with Gasteiger partial charge in [0.25, 0.3) is 0 Å². The number of halogens is 2. The van der Waals surface area contributed by atoms with Crippen LogP contribution in [0.1, 0.15) is 193 Å². The second-order valence-electron chi connectivity index (χ2n) is 15.9. The zero-order valence-electron chi connectivity index (χ0n) is 26.7. The SMILES string of the molecule is [Br][Ni]([Br])([PH](C1CCCCC1)(C1CCCCC1)C1CCCCC1)[PH](C1CCCCC1)(C1CCCCC1)C1CCCCC1. The van der Waals surface area contributed by atoms with Crippen molar-refractivity contribution in [1.82, 2.24) is 0 Å². The molecule has 0 unspecified atom stereocenters. The van der Waals surface area contributed by atoms with Crippen LogP contribution >= 0.6 is 40.5 Å². The van der Waals surface area contributed by atoms with Crippen molar-refractivity contribution in [2.24, 2.45) is 0 Å². The van der Waals surface area contributed by atoms with Crippen LogP contribution in [0.3, 0.4) is 0 Å². The Morgan fingerprint density at radius 2 is 0.415 bits per heavy atom. The molecule has 0 radical (unpaired) electrons. The molecule has 0 aromatic rings. The van der Waals surface area contributed by atoms with E-state index in [9.17, 15) is 0 Å². The van der Waals surface area contributed by atoms with Crippen LogP contribution in [0.4, 0.5) is 0 Å². The molecule has 5 heteroatoms. The summed E-state index contributed by atoms with van der Waals surface area (Å²) in [4.78, 5) is 0. The Morgan fingerprint density at radius 1 is 0.268 bits per heavy atom. The van der Waals surface area contributed by atoms with E-state index in [1.165, 1.54) is 0 Å². The fourth-order valence-corrected chi connectivity index (χ4v) is 88.6. The topological polar surface area (TPSA) is 0 Å². The van der Waals surface area contributed by atoms with Gasteiger partial charge in [-0.1, -0.05) is 0 Å². The summed E-state index contributed by atoms with van der Waals surface area (Å²) < 4.78 is 0. The van der Waals surface area contributed by atoms with Crippen LogP contribution in [0, 0.1) is 0 Å². The first-order chi connectivity index (χ1) is 20.1. The predicted molar refractivity (Wildman–Crippen MR) is 196 cm³/mol. The fourth-order valence-electron chi connectivity index (χ4n) is 12.4. The molecule has 0 amide bonds. The van der Waals surface area contributed by atoms with Crippen LogP contribution in [-0.2, 0) is 7.98 Å². The second-order valence-corrected chi connectivity index (χ2v) is 52.0. The van der Waals surface area contributed by atoms with Crippen molar-refractivity contribution in [3.8, 4) is 0 Å². The van der Waals surface area contributed by atoms with E-state index >= 15 is 0 Å². The fraction of sp³-hybridized carbons (Fsp3) is 1.00. The monoisotopic (exact) mass is 778 g/mol. The summed E-state index contributed by atoms with van der Waals surface area (Å²) in [5, 5.41) is 0. The first-order valence-corrected chi connectivity index (χ1v) is 31.1. The van der Waals surface area contributed by atoms with Crippen molar-refractivity contribution < 1.29 is 7.98 Å². The summed E-state index contributed by atoms with van der Waals surface area (Å²) in [5.41, 5.74) is 6.85. The number of rotatable bonds is 8. The average molecular weight is 781 g/mol. The van der Waals surface area contributed by atoms with Gasteiger partial charge < -0.3 is 0 Å². The van der Waals surface area contributed by atoms with Gasteiger partial charge in [0.05, 0.1) is 0 Å². The third-order valence-electron chi connectivity index (χ3n) is 13.9. The summed E-state index contributed by atoms with van der Waals surface area (Å²) in [6.45, 7) is 0. The Labute approximate surface area is 273 Å². The van der Waals surface area contributed by atoms with E-state index < -0.39 is 20.1 Å². The standard InChI is InChI=1S/2C18H33P.2BrH.Ni/c2*1-4-10-16(11-5-1)19(17-12-6-2-7-13-17)18-14-8-3-9-15-18;;;/h2*16-18H,1-15H2;2*1H;. The van der Waals surface area contributed by atoms with E-state index in [4.69, 9.17) is 28.5 Å². The third-order valence-corrected chi connectivity index (χ3v) is 67.9. The molecule has 6 rings (SSSR count). The molecule has 0 aliphatic heterocycles. The first kappa shape index (κ1) is 33.2. The Morgan fingerprint density at radius 3 is 0.561 bits per heavy atom. The number of hydrogen-bond acceptors (Lipinski definition) is 0. The van der Waals surface area contributed by atoms with Crippen LogP contribution in [0.2, 0.25) is 0 Å². The molecule has 0 saturated heterocycles. The minimum atomic E-state index is -1.72. The van der Waals surface area contributed by atoms with Crippen LogP contribution in [0.15, 0.2) is 0 Å². The van der Waals surface area contributed by atoms with Crippen LogP contribution in [0.25, 0.3) is 0 Å². The van der Waals surface area contributed by atoms with E-state index in [1.807, 2.05) is 0 Å². The van der Waals surface area contributed by atoms with Gasteiger partial charge >= 0.3 is 275 Å². The van der Waals surface area contributed by atoms with E-state index in [0.29, 0.717) is 0 Å². The summed E-state index contributed by atoms with van der Waals surface area (Å²) in [7, 11) is -1.15. The van der Waals surface area contributed by atoms with Crippen LogP contribution < -0.4 is 0 Å². The van der Waals surface area contributed by atoms with Crippen molar-refractivity contribution in [2.75, 3.05) is 0 Å². The second kappa shape index (κ2) is 15.5. The van der Waals surface area contributed by atoms with Gasteiger partial charge in [-0.25, -0.2) is 0 Å². The van der Waals surface area contributed by atoms with Gasteiger partial charge in [0.15, 0.2) is 0 Å². The molecule has 0 nitrogen and oxygen atoms in total. The van der Waals surface area contributed by atoms with Gasteiger partial charge in [-0.15, -0.1) is 0 Å². The Kier molecular flexibility index (Phi) is 12.5. The van der Waals surface area contributed by atoms with Crippen molar-refractivity contribution >= 4 is 40.5 Å². The molecule has 0 spiro atoms. The van der Waals surface area contributed by atoms with Gasteiger partial charge in [0.1, 0.15) is 0 Å². The molecule has 0 aromatic carbocycles. The zero-order chi connectivity index (χ0) is 28.2. The summed E-state index contributed by atoms with van der Waals surface area (Å²) >= 11 is 10.8. The first-order valence-electron chi connectivity index (χ1n) is 19.2. The van der Waals surface area contributed by atoms with Crippen LogP contribution in [0.5, 0.6) is 0 Å². The molecule has 6 aliphatic rings. The molecule has 0 atom stereocenters. The van der Waals surface area contributed by atoms with Crippen molar-refractivity contribution in [3.63, 3.8) is 0 Å². The van der Waals surface area contributed by atoms with Crippen molar-refractivity contribution in [3.05, 3.63) is 0 Å². The van der Waals surface area contributed by atoms with E-state index in [2.05, 4.69) is 0 Å². The van der Waals surface area contributed by atoms with Gasteiger partial charge in [-0.05, 0) is 0 Å². The van der Waals surface area contributed by atoms with E-state index in [-0.39, 0.29) is 0 Å². The van der Waals surface area contributed by atoms with Gasteiger partial charge in [0.2, 0.25) is 0 Å². The van der Waals surface area contributed by atoms with Crippen molar-refractivity contribution in [1.29, 1.82) is 0 Å². The number of hydrogen-bond donors (Lipinski definition) is 0. The Balaban J connectivity index is 1.58. The molecule has 246 valence electrons. The molecular weight excluding hydrogens is 713 g/mol. The predicted octanol–water partition coefficient (Wildman–Crippen LogP) is 14.1. The Bertz CT molecular complexity index is 628. The van der Waals surface area contributed by atoms with Gasteiger partial charge in [-0.2, -0.15) is 0 Å². The molecule has 0 aromatic heterocycles. The Hall–Kier alpha value is 2.31. The normalized spacial score (nSPS) is 30.3. The van der Waals surface area contributed by atoms with Crippen LogP contribution in [-0.4, -0.2) is 34.0 Å². The third kappa shape index (κ3) is 6.32. The quantitative estimate of drug-likeness (QED) is 0.170. The average Bonchev–Trinajstić information content (AvgIpc) is 3.05. The molecule has 6 saturated carbocycles. The molecule has 41 heavy (non-hydrogen) atoms. The molecular formula is C36H68Br2NiP2. The molecule has 0 bridgehead atoms.